The predicted molar refractivity (Wildman–Crippen MR) is 176 cm³/mol. The smallest absolute Gasteiger partial charge is 0.255 e. The van der Waals surface area contributed by atoms with E-state index < -0.39 is 12.4 Å². The van der Waals surface area contributed by atoms with Crippen molar-refractivity contribution in [3.05, 3.63) is 59.0 Å². The van der Waals surface area contributed by atoms with Crippen LogP contribution < -0.4 is 5.73 Å². The Morgan fingerprint density at radius 2 is 1.87 bits per heavy atom. The quantitative estimate of drug-likeness (QED) is 0.254. The molecule has 3 fully saturated rings. The molecule has 0 bridgehead atoms. The third kappa shape index (κ3) is 6.07. The van der Waals surface area contributed by atoms with Crippen LogP contribution in [0.4, 0.5) is 8.78 Å². The number of nitrogens with zero attached hydrogens (tertiary/aromatic N) is 5. The third-order valence-corrected chi connectivity index (χ3v) is 10.3. The molecule has 1 unspecified atom stereocenters. The van der Waals surface area contributed by atoms with Gasteiger partial charge in [0.1, 0.15) is 23.9 Å². The molecule has 246 valence electrons. The molecule has 5 heterocycles. The van der Waals surface area contributed by atoms with Crippen LogP contribution in [0.3, 0.4) is 0 Å². The van der Waals surface area contributed by atoms with Crippen molar-refractivity contribution in [2.75, 3.05) is 26.2 Å². The number of amides is 1. The van der Waals surface area contributed by atoms with Gasteiger partial charge in [0.05, 0.1) is 28.8 Å². The summed E-state index contributed by atoms with van der Waals surface area (Å²) in [5.74, 6) is 0.719. The number of halogens is 2. The summed E-state index contributed by atoms with van der Waals surface area (Å²) in [5.41, 5.74) is 12.2. The Balaban J connectivity index is 1.25. The van der Waals surface area contributed by atoms with Crippen LogP contribution in [0.15, 0.2) is 36.5 Å². The van der Waals surface area contributed by atoms with E-state index in [1.54, 1.807) is 28.9 Å². The van der Waals surface area contributed by atoms with Crippen LogP contribution in [0, 0.1) is 24.6 Å². The zero-order chi connectivity index (χ0) is 32.3. The number of rotatable bonds is 8. The van der Waals surface area contributed by atoms with E-state index in [9.17, 15) is 14.3 Å². The monoisotopic (exact) mass is 632 g/mol. The predicted octanol–water partition coefficient (Wildman–Crippen LogP) is 5.87. The number of alkyl halides is 1. The molecule has 10 heteroatoms. The fourth-order valence-electron chi connectivity index (χ4n) is 7.71. The Morgan fingerprint density at radius 1 is 1.11 bits per heavy atom. The van der Waals surface area contributed by atoms with Crippen LogP contribution in [-0.2, 0) is 6.54 Å². The number of hydrogen-bond acceptors (Lipinski definition) is 5. The molecular weight excluding hydrogens is 586 g/mol. The lowest BCUT2D eigenvalue weighted by atomic mass is 9.87. The Kier molecular flexibility index (Phi) is 8.40. The largest absolute Gasteiger partial charge is 0.378 e. The van der Waals surface area contributed by atoms with Gasteiger partial charge < -0.3 is 20.3 Å². The second-order valence-corrected chi connectivity index (χ2v) is 14.5. The Bertz CT molecular complexity index is 1740. The summed E-state index contributed by atoms with van der Waals surface area (Å²) in [6.07, 6.45) is 5.27. The summed E-state index contributed by atoms with van der Waals surface area (Å²) in [6, 6.07) is 8.74. The van der Waals surface area contributed by atoms with Gasteiger partial charge in [-0.25, -0.2) is 13.3 Å². The number of carbonyl (C=O) groups excluding carboxylic acids is 1. The van der Waals surface area contributed by atoms with Gasteiger partial charge in [-0.15, -0.1) is 0 Å². The fourth-order valence-corrected chi connectivity index (χ4v) is 7.71. The number of pyridine rings is 1. The first-order chi connectivity index (χ1) is 22.0. The van der Waals surface area contributed by atoms with E-state index in [0.29, 0.717) is 23.9 Å². The van der Waals surface area contributed by atoms with Crippen LogP contribution >= 0.6 is 0 Å². The minimum absolute atomic E-state index is 0.0473. The number of carbonyl (C=O) groups is 1. The third-order valence-electron chi connectivity index (χ3n) is 10.3. The molecule has 0 radical (unpaired) electrons. The second-order valence-electron chi connectivity index (χ2n) is 14.5. The van der Waals surface area contributed by atoms with Gasteiger partial charge in [-0.1, -0.05) is 13.8 Å². The van der Waals surface area contributed by atoms with E-state index in [1.165, 1.54) is 17.7 Å². The Labute approximate surface area is 269 Å². The number of nitrogens with two attached hydrogens (primary N) is 1. The lowest BCUT2D eigenvalue weighted by Crippen LogP contribution is -2.50. The van der Waals surface area contributed by atoms with E-state index in [0.717, 1.165) is 77.8 Å². The number of aliphatic hydroxyl groups is 1. The zero-order valence-corrected chi connectivity index (χ0v) is 27.1. The molecule has 2 saturated heterocycles. The topological polar surface area (TPSA) is 92.0 Å². The zero-order valence-electron chi connectivity index (χ0n) is 27.1. The van der Waals surface area contributed by atoms with Crippen molar-refractivity contribution in [1.29, 1.82) is 0 Å². The van der Waals surface area contributed by atoms with Gasteiger partial charge in [-0.2, -0.15) is 5.10 Å². The first-order valence-corrected chi connectivity index (χ1v) is 17.0. The molecule has 46 heavy (non-hydrogen) atoms. The molecule has 1 aromatic carbocycles. The fraction of sp³-hybridized carbons (Fsp3) is 0.556. The summed E-state index contributed by atoms with van der Waals surface area (Å²) in [5, 5.41) is 16.6. The van der Waals surface area contributed by atoms with Crippen LogP contribution in [-0.4, -0.2) is 79.6 Å². The minimum atomic E-state index is -1.12. The number of aromatic nitrogens is 3. The molecule has 0 spiro atoms. The van der Waals surface area contributed by atoms with Crippen molar-refractivity contribution in [2.45, 2.75) is 90.2 Å². The average molecular weight is 633 g/mol. The molecule has 3 aromatic heterocycles. The molecule has 1 amide bonds. The number of piperidine rings is 2. The van der Waals surface area contributed by atoms with E-state index in [1.807, 2.05) is 13.0 Å². The molecule has 3 atom stereocenters. The molecule has 2 aliphatic heterocycles. The Hall–Kier alpha value is -3.34. The van der Waals surface area contributed by atoms with Gasteiger partial charge in [0, 0.05) is 49.4 Å². The van der Waals surface area contributed by atoms with Crippen LogP contribution in [0.2, 0.25) is 0 Å². The minimum Gasteiger partial charge on any atom is -0.378 e. The van der Waals surface area contributed by atoms with Gasteiger partial charge >= 0.3 is 0 Å². The number of benzene rings is 1. The van der Waals surface area contributed by atoms with Crippen LogP contribution in [0.1, 0.15) is 79.8 Å². The van der Waals surface area contributed by atoms with Crippen molar-refractivity contribution in [1.82, 2.24) is 24.0 Å². The highest BCUT2D eigenvalue weighted by atomic mass is 19.1. The molecule has 1 saturated carbocycles. The number of fused-ring (bicyclic) bond motifs is 2. The van der Waals surface area contributed by atoms with Gasteiger partial charge in [0.2, 0.25) is 0 Å². The van der Waals surface area contributed by atoms with E-state index in [4.69, 9.17) is 10.8 Å². The maximum Gasteiger partial charge on any atom is 0.255 e. The molecule has 3 N–H and O–H groups in total. The molecule has 4 aromatic rings. The number of likely N-dealkylation sites (tertiary alicyclic amines) is 2. The van der Waals surface area contributed by atoms with Crippen LogP contribution in [0.5, 0.6) is 0 Å². The lowest BCUT2D eigenvalue weighted by Gasteiger charge is -2.36. The molecule has 7 rings (SSSR count). The summed E-state index contributed by atoms with van der Waals surface area (Å²) in [7, 11) is 0. The number of aryl methyl sites for hydroxylation is 1. The van der Waals surface area contributed by atoms with Crippen LogP contribution in [0.25, 0.3) is 27.8 Å². The lowest BCUT2D eigenvalue weighted by molar-refractivity contribution is -0.0239. The molecule has 1 aliphatic carbocycles. The summed E-state index contributed by atoms with van der Waals surface area (Å²) < 4.78 is 33.6. The maximum absolute atomic E-state index is 15.2. The molecule has 8 nitrogen and oxygen atoms in total. The number of hydrogen-bond donors (Lipinski definition) is 2. The van der Waals surface area contributed by atoms with Crippen molar-refractivity contribution < 1.29 is 18.7 Å². The Morgan fingerprint density at radius 3 is 2.57 bits per heavy atom. The van der Waals surface area contributed by atoms with Gasteiger partial charge in [0.15, 0.2) is 0 Å². The van der Waals surface area contributed by atoms with Gasteiger partial charge in [-0.05, 0) is 99.1 Å². The van der Waals surface area contributed by atoms with E-state index in [2.05, 4.69) is 29.4 Å². The van der Waals surface area contributed by atoms with E-state index in [-0.39, 0.29) is 36.6 Å². The van der Waals surface area contributed by atoms with Gasteiger partial charge in [0.25, 0.3) is 5.91 Å². The van der Waals surface area contributed by atoms with Crippen molar-refractivity contribution in [2.24, 2.45) is 17.6 Å². The highest BCUT2D eigenvalue weighted by Gasteiger charge is 2.32. The summed E-state index contributed by atoms with van der Waals surface area (Å²) >= 11 is 0. The second kappa shape index (κ2) is 12.4. The first-order valence-electron chi connectivity index (χ1n) is 17.0. The average Bonchev–Trinajstić information content (AvgIpc) is 3.69. The molecular formula is C36H46F2N6O2. The SMILES string of the molecule is Cc1c(-c2cc3cc(F)cc(C4CCN(C(O)CC(C)C)CC4)c3n2CC2CC2)nn2cc(C(=O)N3C[C@H](N)C[C@@H](F)C3)ccc12. The summed E-state index contributed by atoms with van der Waals surface area (Å²) in [6.45, 7) is 9.09. The highest BCUT2D eigenvalue weighted by molar-refractivity contribution is 5.95. The molecule has 3 aliphatic rings. The van der Waals surface area contributed by atoms with Crippen molar-refractivity contribution in [3.8, 4) is 11.4 Å². The standard InChI is InChI=1S/C36H46F2N6O2/c1-21(2)12-33(45)41-10-8-24(9-11-41)30-16-27(37)13-26-14-32(43(35(26)30)17-23-4-5-23)34-22(3)31-7-6-25(18-44(31)40-34)36(46)42-19-28(38)15-29(39)20-42/h6-7,13-14,16,18,21,23-24,28-29,33,45H,4-5,8-12,15,17,19-20,39H2,1-3H3/t28-,29-,33?/m1/s1. The number of aliphatic hydroxyl groups excluding tert-OH is 1. The van der Waals surface area contributed by atoms with E-state index >= 15 is 4.39 Å². The first kappa shape index (κ1) is 31.3. The maximum atomic E-state index is 15.2. The highest BCUT2D eigenvalue weighted by Crippen LogP contribution is 2.41. The summed E-state index contributed by atoms with van der Waals surface area (Å²) in [4.78, 5) is 17.0. The van der Waals surface area contributed by atoms with Crippen molar-refractivity contribution in [3.63, 3.8) is 0 Å². The van der Waals surface area contributed by atoms with Gasteiger partial charge in [-0.3, -0.25) is 9.69 Å². The van der Waals surface area contributed by atoms with Crippen molar-refractivity contribution >= 4 is 22.3 Å². The normalized spacial score (nSPS) is 22.4.